The number of hydrogen-bond acceptors (Lipinski definition) is 3. The van der Waals surface area contributed by atoms with Gasteiger partial charge in [-0.2, -0.15) is 0 Å². The summed E-state index contributed by atoms with van der Waals surface area (Å²) in [5.41, 5.74) is 0. The third kappa shape index (κ3) is 4.09. The minimum absolute atomic E-state index is 0.224. The molecule has 0 unspecified atom stereocenters. The lowest BCUT2D eigenvalue weighted by atomic mass is 10.1. The molecule has 98 valence electrons. The van der Waals surface area contributed by atoms with Gasteiger partial charge < -0.3 is 9.84 Å². The minimum atomic E-state index is -0.224. The smallest absolute Gasteiger partial charge is 0.0734 e. The van der Waals surface area contributed by atoms with Gasteiger partial charge in [0.15, 0.2) is 0 Å². The van der Waals surface area contributed by atoms with Crippen molar-refractivity contribution in [3.63, 3.8) is 0 Å². The molecule has 3 heteroatoms. The maximum absolute atomic E-state index is 9.93. The highest BCUT2D eigenvalue weighted by Gasteiger charge is 2.37. The summed E-state index contributed by atoms with van der Waals surface area (Å²) < 4.78 is 5.96. The molecule has 17 heavy (non-hydrogen) atoms. The summed E-state index contributed by atoms with van der Waals surface area (Å²) in [6.45, 7) is 8.56. The summed E-state index contributed by atoms with van der Waals surface area (Å²) in [7, 11) is 0. The Morgan fingerprint density at radius 3 is 2.88 bits per heavy atom. The molecule has 0 radical (unpaired) electrons. The zero-order valence-electron chi connectivity index (χ0n) is 10.8. The topological polar surface area (TPSA) is 32.7 Å². The fourth-order valence-electron chi connectivity index (χ4n) is 2.65. The number of β-amino-alcohol motifs (C(OH)–C–C–N with tert-alkyl or cyclic N) is 1. The predicted octanol–water partition coefficient (Wildman–Crippen LogP) is 1.81. The van der Waals surface area contributed by atoms with Gasteiger partial charge in [0.2, 0.25) is 0 Å². The molecular weight excluding hydrogens is 214 g/mol. The first kappa shape index (κ1) is 13.1. The van der Waals surface area contributed by atoms with E-state index in [0.717, 1.165) is 38.4 Å². The zero-order chi connectivity index (χ0) is 12.3. The Hall–Kier alpha value is -0.380. The van der Waals surface area contributed by atoms with Gasteiger partial charge in [-0.25, -0.2) is 0 Å². The molecule has 0 amide bonds. The standard InChI is InChI=1S/C14H25NO2/c1-3-4-5-13(16)9-15-8-11(2)17-14(10-15)12-6-7-12/h3,11-14,16H,1,4-10H2,2H3/t11-,13+,14+/m1/s1. The van der Waals surface area contributed by atoms with E-state index in [1.165, 1.54) is 12.8 Å². The van der Waals surface area contributed by atoms with Gasteiger partial charge >= 0.3 is 0 Å². The van der Waals surface area contributed by atoms with Gasteiger partial charge in [0, 0.05) is 19.6 Å². The summed E-state index contributed by atoms with van der Waals surface area (Å²) in [6, 6.07) is 0. The summed E-state index contributed by atoms with van der Waals surface area (Å²) in [5, 5.41) is 9.93. The highest BCUT2D eigenvalue weighted by atomic mass is 16.5. The van der Waals surface area contributed by atoms with E-state index < -0.39 is 0 Å². The Morgan fingerprint density at radius 1 is 1.47 bits per heavy atom. The number of rotatable bonds is 6. The maximum Gasteiger partial charge on any atom is 0.0734 e. The second kappa shape index (κ2) is 5.98. The van der Waals surface area contributed by atoms with E-state index in [9.17, 15) is 5.11 Å². The van der Waals surface area contributed by atoms with Gasteiger partial charge in [0.1, 0.15) is 0 Å². The van der Waals surface area contributed by atoms with Crippen molar-refractivity contribution < 1.29 is 9.84 Å². The van der Waals surface area contributed by atoms with Crippen molar-refractivity contribution in [3.8, 4) is 0 Å². The van der Waals surface area contributed by atoms with Crippen molar-refractivity contribution in [2.75, 3.05) is 19.6 Å². The second-order valence-electron chi connectivity index (χ2n) is 5.56. The van der Waals surface area contributed by atoms with Gasteiger partial charge in [0.05, 0.1) is 18.3 Å². The number of hydrogen-bond donors (Lipinski definition) is 1. The number of nitrogens with zero attached hydrogens (tertiary/aromatic N) is 1. The first-order valence-electron chi connectivity index (χ1n) is 6.85. The molecule has 0 aromatic rings. The Balaban J connectivity index is 1.76. The Morgan fingerprint density at radius 2 is 2.24 bits per heavy atom. The van der Waals surface area contributed by atoms with Crippen LogP contribution >= 0.6 is 0 Å². The van der Waals surface area contributed by atoms with Gasteiger partial charge in [-0.3, -0.25) is 4.90 Å². The monoisotopic (exact) mass is 239 g/mol. The molecule has 3 atom stereocenters. The van der Waals surface area contributed by atoms with Crippen molar-refractivity contribution in [2.24, 2.45) is 5.92 Å². The lowest BCUT2D eigenvalue weighted by Crippen LogP contribution is -2.49. The summed E-state index contributed by atoms with van der Waals surface area (Å²) in [5.74, 6) is 0.783. The van der Waals surface area contributed by atoms with Gasteiger partial charge in [-0.05, 0) is 38.5 Å². The van der Waals surface area contributed by atoms with E-state index in [-0.39, 0.29) is 6.10 Å². The van der Waals surface area contributed by atoms with E-state index >= 15 is 0 Å². The average Bonchev–Trinajstić information content (AvgIpc) is 3.09. The lowest BCUT2D eigenvalue weighted by Gasteiger charge is -2.37. The Bertz CT molecular complexity index is 253. The molecule has 1 heterocycles. The highest BCUT2D eigenvalue weighted by molar-refractivity contribution is 4.88. The second-order valence-corrected chi connectivity index (χ2v) is 5.56. The highest BCUT2D eigenvalue weighted by Crippen LogP contribution is 2.36. The zero-order valence-corrected chi connectivity index (χ0v) is 10.8. The molecule has 1 aliphatic carbocycles. The van der Waals surface area contributed by atoms with Crippen LogP contribution in [0.15, 0.2) is 12.7 Å². The van der Waals surface area contributed by atoms with Crippen LogP contribution in [0.2, 0.25) is 0 Å². The SMILES string of the molecule is C=CCC[C@H](O)CN1C[C@@H](C)O[C@H](C2CC2)C1. The van der Waals surface area contributed by atoms with E-state index in [0.29, 0.717) is 12.2 Å². The number of aliphatic hydroxyl groups excluding tert-OH is 1. The number of allylic oxidation sites excluding steroid dienone is 1. The van der Waals surface area contributed by atoms with Crippen LogP contribution in [0.25, 0.3) is 0 Å². The van der Waals surface area contributed by atoms with Crippen molar-refractivity contribution in [2.45, 2.75) is 50.9 Å². The lowest BCUT2D eigenvalue weighted by molar-refractivity contribution is -0.0932. The molecule has 0 aromatic carbocycles. The van der Waals surface area contributed by atoms with E-state index in [1.54, 1.807) is 0 Å². The average molecular weight is 239 g/mol. The summed E-state index contributed by atoms with van der Waals surface area (Å²) >= 11 is 0. The molecule has 0 spiro atoms. The van der Waals surface area contributed by atoms with Crippen LogP contribution in [0.5, 0.6) is 0 Å². The molecule has 3 nitrogen and oxygen atoms in total. The van der Waals surface area contributed by atoms with E-state index in [1.807, 2.05) is 6.08 Å². The largest absolute Gasteiger partial charge is 0.392 e. The van der Waals surface area contributed by atoms with Gasteiger partial charge in [-0.15, -0.1) is 6.58 Å². The number of aliphatic hydroxyl groups is 1. The molecule has 0 aromatic heterocycles. The van der Waals surface area contributed by atoms with Crippen molar-refractivity contribution in [1.82, 2.24) is 4.90 Å². The Labute approximate surface area is 104 Å². The molecule has 0 bridgehead atoms. The third-order valence-corrected chi connectivity index (χ3v) is 3.68. The number of morpholine rings is 1. The summed E-state index contributed by atoms with van der Waals surface area (Å²) in [4.78, 5) is 2.37. The third-order valence-electron chi connectivity index (χ3n) is 3.68. The van der Waals surface area contributed by atoms with Gasteiger partial charge in [-0.1, -0.05) is 6.08 Å². The predicted molar refractivity (Wildman–Crippen MR) is 68.9 cm³/mol. The first-order chi connectivity index (χ1) is 8.19. The Kier molecular flexibility index (Phi) is 4.60. The first-order valence-corrected chi connectivity index (χ1v) is 6.85. The molecule has 1 aliphatic heterocycles. The van der Waals surface area contributed by atoms with Crippen molar-refractivity contribution in [3.05, 3.63) is 12.7 Å². The normalized spacial score (nSPS) is 32.4. The van der Waals surface area contributed by atoms with Crippen LogP contribution in [-0.2, 0) is 4.74 Å². The minimum Gasteiger partial charge on any atom is -0.392 e. The van der Waals surface area contributed by atoms with E-state index in [2.05, 4.69) is 18.4 Å². The molecule has 1 N–H and O–H groups in total. The summed E-state index contributed by atoms with van der Waals surface area (Å²) in [6.07, 6.45) is 6.73. The van der Waals surface area contributed by atoms with E-state index in [4.69, 9.17) is 4.74 Å². The van der Waals surface area contributed by atoms with Crippen LogP contribution in [0, 0.1) is 5.92 Å². The quantitative estimate of drug-likeness (QED) is 0.718. The molecule has 2 fully saturated rings. The molecule has 2 rings (SSSR count). The van der Waals surface area contributed by atoms with Crippen molar-refractivity contribution in [1.29, 1.82) is 0 Å². The van der Waals surface area contributed by atoms with Crippen LogP contribution in [0.4, 0.5) is 0 Å². The van der Waals surface area contributed by atoms with Crippen LogP contribution in [0.1, 0.15) is 32.6 Å². The maximum atomic E-state index is 9.93. The van der Waals surface area contributed by atoms with Crippen LogP contribution in [-0.4, -0.2) is 48.0 Å². The number of ether oxygens (including phenoxy) is 1. The molecule has 2 aliphatic rings. The fraction of sp³-hybridized carbons (Fsp3) is 0.857. The van der Waals surface area contributed by atoms with Crippen LogP contribution in [0.3, 0.4) is 0 Å². The molecular formula is C14H25NO2. The van der Waals surface area contributed by atoms with Crippen LogP contribution < -0.4 is 0 Å². The van der Waals surface area contributed by atoms with Crippen molar-refractivity contribution >= 4 is 0 Å². The fourth-order valence-corrected chi connectivity index (χ4v) is 2.65. The van der Waals surface area contributed by atoms with Gasteiger partial charge in [0.25, 0.3) is 0 Å². The molecule has 1 saturated heterocycles. The molecule has 1 saturated carbocycles.